The van der Waals surface area contributed by atoms with Crippen LogP contribution < -0.4 is 4.74 Å². The average Bonchev–Trinajstić information content (AvgIpc) is 2.52. The molecule has 0 aromatic heterocycles. The third-order valence-corrected chi connectivity index (χ3v) is 6.36. The summed E-state index contributed by atoms with van der Waals surface area (Å²) in [5.74, 6) is -0.261. The number of ether oxygens (including phenoxy) is 1. The van der Waals surface area contributed by atoms with Gasteiger partial charge >= 0.3 is 6.18 Å². The fourth-order valence-electron chi connectivity index (χ4n) is 4.06. The van der Waals surface area contributed by atoms with Crippen LogP contribution in [0.5, 0.6) is 5.75 Å². The van der Waals surface area contributed by atoms with Crippen LogP contribution in [-0.2, 0) is 5.41 Å². The summed E-state index contributed by atoms with van der Waals surface area (Å²) >= 11 is 1.73. The van der Waals surface area contributed by atoms with Crippen molar-refractivity contribution in [3.63, 3.8) is 0 Å². The van der Waals surface area contributed by atoms with Crippen molar-refractivity contribution < 1.29 is 27.4 Å². The molecule has 1 aromatic rings. The fourth-order valence-corrected chi connectivity index (χ4v) is 5.45. The van der Waals surface area contributed by atoms with Crippen molar-refractivity contribution in [1.82, 2.24) is 4.90 Å². The first-order valence-electron chi connectivity index (χ1n) is 9.28. The van der Waals surface area contributed by atoms with Gasteiger partial charge in [0.1, 0.15) is 11.6 Å². The van der Waals surface area contributed by atoms with E-state index in [0.29, 0.717) is 24.4 Å². The number of thioether (sulfide) groups is 1. The normalized spacial score (nSPS) is 24.1. The van der Waals surface area contributed by atoms with Crippen molar-refractivity contribution in [1.29, 1.82) is 0 Å². The monoisotopic (exact) mass is 423 g/mol. The molecule has 1 aromatic carbocycles. The molecule has 160 valence electrons. The van der Waals surface area contributed by atoms with Crippen molar-refractivity contribution in [3.05, 3.63) is 29.6 Å². The van der Waals surface area contributed by atoms with Crippen LogP contribution in [0.25, 0.3) is 0 Å². The van der Waals surface area contributed by atoms with Crippen molar-refractivity contribution >= 4 is 11.8 Å². The second-order valence-corrected chi connectivity index (χ2v) is 10.3. The number of benzene rings is 1. The van der Waals surface area contributed by atoms with Gasteiger partial charge in [-0.3, -0.25) is 4.90 Å². The minimum Gasteiger partial charge on any atom is -0.496 e. The molecule has 1 heterocycles. The quantitative estimate of drug-likeness (QED) is 0.677. The Labute approximate surface area is 168 Å². The maximum Gasteiger partial charge on any atom is 0.418 e. The molecule has 0 radical (unpaired) electrons. The first-order valence-corrected chi connectivity index (χ1v) is 10.2. The number of methoxy groups -OCH3 is 1. The van der Waals surface area contributed by atoms with Gasteiger partial charge in [0.2, 0.25) is 0 Å². The molecule has 0 saturated carbocycles. The van der Waals surface area contributed by atoms with E-state index >= 15 is 0 Å². The third kappa shape index (κ3) is 5.33. The maximum absolute atomic E-state index is 14.0. The van der Waals surface area contributed by atoms with Gasteiger partial charge in [0.15, 0.2) is 5.60 Å². The Hall–Kier alpha value is -0.990. The number of aliphatic hydroxyl groups is 1. The Bertz CT molecular complexity index is 673. The van der Waals surface area contributed by atoms with Crippen LogP contribution in [0, 0.1) is 5.82 Å². The molecule has 8 heteroatoms. The molecule has 3 unspecified atom stereocenters. The second-order valence-electron chi connectivity index (χ2n) is 8.39. The predicted octanol–water partition coefficient (Wildman–Crippen LogP) is 4.62. The van der Waals surface area contributed by atoms with E-state index in [1.54, 1.807) is 30.5 Å². The summed E-state index contributed by atoms with van der Waals surface area (Å²) in [5, 5.41) is 11.2. The molecule has 3 atom stereocenters. The van der Waals surface area contributed by atoms with Gasteiger partial charge in [0.25, 0.3) is 0 Å². The van der Waals surface area contributed by atoms with Gasteiger partial charge in [-0.2, -0.15) is 24.9 Å². The molecule has 0 bridgehead atoms. The standard InChI is InChI=1S/C20H29F4NO2S/c1-13-9-25(10-14(2)28-13)12-19(26,20(22,23)24)11-18(3,4)16-8-15(21)6-7-17(16)27-5/h6-8,13-14,26H,9-12H2,1-5H3. The van der Waals surface area contributed by atoms with E-state index in [4.69, 9.17) is 4.74 Å². The number of β-amino-alcohol motifs (C(OH)–C–C–N with tert-alkyl or cyclic N) is 1. The summed E-state index contributed by atoms with van der Waals surface area (Å²) in [4.78, 5) is 1.68. The average molecular weight is 424 g/mol. The molecule has 28 heavy (non-hydrogen) atoms. The van der Waals surface area contributed by atoms with Crippen LogP contribution in [0.1, 0.15) is 39.7 Å². The van der Waals surface area contributed by atoms with E-state index in [2.05, 4.69) is 0 Å². The highest BCUT2D eigenvalue weighted by Crippen LogP contribution is 2.44. The lowest BCUT2D eigenvalue weighted by Crippen LogP contribution is -2.58. The van der Waals surface area contributed by atoms with Crippen LogP contribution >= 0.6 is 11.8 Å². The molecular weight excluding hydrogens is 394 g/mol. The lowest BCUT2D eigenvalue weighted by molar-refractivity contribution is -0.271. The molecule has 2 rings (SSSR count). The summed E-state index contributed by atoms with van der Waals surface area (Å²) in [6, 6.07) is 3.77. The van der Waals surface area contributed by atoms with Crippen LogP contribution in [0.2, 0.25) is 0 Å². The summed E-state index contributed by atoms with van der Waals surface area (Å²) in [7, 11) is 1.39. The molecule has 1 fully saturated rings. The van der Waals surface area contributed by atoms with Crippen LogP contribution in [0.15, 0.2) is 18.2 Å². The first kappa shape index (κ1) is 23.3. The minimum atomic E-state index is -4.82. The van der Waals surface area contributed by atoms with Gasteiger partial charge in [0.05, 0.1) is 7.11 Å². The number of rotatable bonds is 6. The smallest absolute Gasteiger partial charge is 0.418 e. The number of hydrogen-bond donors (Lipinski definition) is 1. The Morgan fingerprint density at radius 2 is 1.75 bits per heavy atom. The van der Waals surface area contributed by atoms with E-state index in [-0.39, 0.29) is 10.5 Å². The van der Waals surface area contributed by atoms with Crippen molar-refractivity contribution in [2.24, 2.45) is 0 Å². The number of halogens is 4. The predicted molar refractivity (Wildman–Crippen MR) is 105 cm³/mol. The topological polar surface area (TPSA) is 32.7 Å². The Kier molecular flexibility index (Phi) is 6.99. The fraction of sp³-hybridized carbons (Fsp3) is 0.700. The summed E-state index contributed by atoms with van der Waals surface area (Å²) in [5.41, 5.74) is -3.79. The molecule has 0 aliphatic carbocycles. The van der Waals surface area contributed by atoms with Gasteiger partial charge in [-0.25, -0.2) is 4.39 Å². The zero-order valence-electron chi connectivity index (χ0n) is 16.9. The summed E-state index contributed by atoms with van der Waals surface area (Å²) in [6.45, 7) is 7.54. The van der Waals surface area contributed by atoms with Crippen molar-refractivity contribution in [2.45, 2.75) is 61.8 Å². The maximum atomic E-state index is 14.0. The van der Waals surface area contributed by atoms with E-state index in [1.165, 1.54) is 25.3 Å². The zero-order chi connectivity index (χ0) is 21.3. The molecule has 1 aliphatic rings. The third-order valence-electron chi connectivity index (χ3n) is 5.13. The highest BCUT2D eigenvalue weighted by molar-refractivity contribution is 8.00. The van der Waals surface area contributed by atoms with Gasteiger partial charge < -0.3 is 9.84 Å². The number of hydrogen-bond acceptors (Lipinski definition) is 4. The molecular formula is C20H29F4NO2S. The van der Waals surface area contributed by atoms with E-state index in [1.807, 2.05) is 13.8 Å². The Balaban J connectivity index is 2.34. The molecule has 3 nitrogen and oxygen atoms in total. The van der Waals surface area contributed by atoms with Crippen LogP contribution in [-0.4, -0.2) is 59.0 Å². The zero-order valence-corrected chi connectivity index (χ0v) is 17.8. The van der Waals surface area contributed by atoms with E-state index < -0.39 is 36.0 Å². The molecule has 1 N–H and O–H groups in total. The molecule has 0 amide bonds. The van der Waals surface area contributed by atoms with Gasteiger partial charge in [-0.15, -0.1) is 0 Å². The molecule has 1 saturated heterocycles. The lowest BCUT2D eigenvalue weighted by Gasteiger charge is -2.43. The summed E-state index contributed by atoms with van der Waals surface area (Å²) in [6.07, 6.45) is -5.42. The largest absolute Gasteiger partial charge is 0.496 e. The van der Waals surface area contributed by atoms with Crippen molar-refractivity contribution in [3.8, 4) is 5.75 Å². The molecule has 0 spiro atoms. The first-order chi connectivity index (χ1) is 12.8. The second kappa shape index (κ2) is 8.40. The van der Waals surface area contributed by atoms with Gasteiger partial charge in [-0.05, 0) is 30.0 Å². The van der Waals surface area contributed by atoms with E-state index in [9.17, 15) is 22.7 Å². The molecule has 1 aliphatic heterocycles. The Morgan fingerprint density at radius 3 is 2.25 bits per heavy atom. The van der Waals surface area contributed by atoms with E-state index in [0.717, 1.165) is 0 Å². The van der Waals surface area contributed by atoms with Gasteiger partial charge in [0, 0.05) is 35.7 Å². The SMILES string of the molecule is COc1ccc(F)cc1C(C)(C)CC(O)(CN1CC(C)SC(C)C1)C(F)(F)F. The summed E-state index contributed by atoms with van der Waals surface area (Å²) < 4.78 is 60.9. The minimum absolute atomic E-state index is 0.192. The highest BCUT2D eigenvalue weighted by atomic mass is 32.2. The number of nitrogens with zero attached hydrogens (tertiary/aromatic N) is 1. The Morgan fingerprint density at radius 1 is 1.18 bits per heavy atom. The number of alkyl halides is 3. The van der Waals surface area contributed by atoms with Crippen molar-refractivity contribution in [2.75, 3.05) is 26.7 Å². The lowest BCUT2D eigenvalue weighted by atomic mass is 9.74. The highest BCUT2D eigenvalue weighted by Gasteiger charge is 2.57. The van der Waals surface area contributed by atoms with Crippen LogP contribution in [0.3, 0.4) is 0 Å². The van der Waals surface area contributed by atoms with Crippen LogP contribution in [0.4, 0.5) is 17.6 Å². The van der Waals surface area contributed by atoms with Gasteiger partial charge in [-0.1, -0.05) is 27.7 Å².